The Bertz CT molecular complexity index is 346. The standard InChI is InChI=1S/C11H14O4/c1-8-3-4-9(14-2)10(7-8)15-6-5-11(12)13/h3-4,7H,5-6H2,1-2H3,(H,12,13). The van der Waals surface area contributed by atoms with E-state index in [9.17, 15) is 4.79 Å². The summed E-state index contributed by atoms with van der Waals surface area (Å²) >= 11 is 0. The van der Waals surface area contributed by atoms with Gasteiger partial charge in [-0.15, -0.1) is 0 Å². The summed E-state index contributed by atoms with van der Waals surface area (Å²) in [6.45, 7) is 2.08. The third-order valence-corrected chi connectivity index (χ3v) is 1.89. The molecule has 0 saturated heterocycles. The molecular weight excluding hydrogens is 196 g/mol. The quantitative estimate of drug-likeness (QED) is 0.805. The summed E-state index contributed by atoms with van der Waals surface area (Å²) in [5.41, 5.74) is 1.04. The van der Waals surface area contributed by atoms with Crippen molar-refractivity contribution in [2.24, 2.45) is 0 Å². The Morgan fingerprint density at radius 1 is 1.40 bits per heavy atom. The van der Waals surface area contributed by atoms with Crippen LogP contribution in [-0.2, 0) is 4.79 Å². The van der Waals surface area contributed by atoms with Gasteiger partial charge in [0.05, 0.1) is 20.1 Å². The van der Waals surface area contributed by atoms with Gasteiger partial charge in [-0.1, -0.05) is 6.07 Å². The van der Waals surface area contributed by atoms with E-state index in [1.165, 1.54) is 0 Å². The number of ether oxygens (including phenoxy) is 2. The van der Waals surface area contributed by atoms with E-state index in [-0.39, 0.29) is 13.0 Å². The van der Waals surface area contributed by atoms with Gasteiger partial charge in [0.15, 0.2) is 11.5 Å². The minimum atomic E-state index is -0.874. The van der Waals surface area contributed by atoms with E-state index in [0.29, 0.717) is 11.5 Å². The van der Waals surface area contributed by atoms with Crippen LogP contribution in [0.3, 0.4) is 0 Å². The number of carboxylic acid groups (broad SMARTS) is 1. The highest BCUT2D eigenvalue weighted by atomic mass is 16.5. The van der Waals surface area contributed by atoms with Crippen LogP contribution in [0.4, 0.5) is 0 Å². The van der Waals surface area contributed by atoms with Gasteiger partial charge in [0.1, 0.15) is 0 Å². The molecule has 0 aliphatic rings. The second-order valence-corrected chi connectivity index (χ2v) is 3.15. The van der Waals surface area contributed by atoms with Crippen LogP contribution in [-0.4, -0.2) is 24.8 Å². The fourth-order valence-electron chi connectivity index (χ4n) is 1.15. The average molecular weight is 210 g/mol. The number of benzene rings is 1. The maximum atomic E-state index is 10.3. The largest absolute Gasteiger partial charge is 0.493 e. The first-order chi connectivity index (χ1) is 7.13. The smallest absolute Gasteiger partial charge is 0.306 e. The van der Waals surface area contributed by atoms with Gasteiger partial charge in [0.25, 0.3) is 0 Å². The monoisotopic (exact) mass is 210 g/mol. The lowest BCUT2D eigenvalue weighted by Crippen LogP contribution is -2.05. The van der Waals surface area contributed by atoms with Gasteiger partial charge < -0.3 is 14.6 Å². The van der Waals surface area contributed by atoms with Crippen LogP contribution in [0.1, 0.15) is 12.0 Å². The first kappa shape index (κ1) is 11.4. The highest BCUT2D eigenvalue weighted by molar-refractivity contribution is 5.66. The fraction of sp³-hybridized carbons (Fsp3) is 0.364. The summed E-state index contributed by atoms with van der Waals surface area (Å²) in [6, 6.07) is 5.52. The molecule has 0 saturated carbocycles. The van der Waals surface area contributed by atoms with Crippen LogP contribution in [0.15, 0.2) is 18.2 Å². The molecule has 0 radical (unpaired) electrons. The van der Waals surface area contributed by atoms with E-state index >= 15 is 0 Å². The Morgan fingerprint density at radius 3 is 2.73 bits per heavy atom. The van der Waals surface area contributed by atoms with Crippen LogP contribution >= 0.6 is 0 Å². The van der Waals surface area contributed by atoms with Gasteiger partial charge in [-0.3, -0.25) is 4.79 Å². The second kappa shape index (κ2) is 5.24. The SMILES string of the molecule is COc1ccc(C)cc1OCCC(=O)O. The van der Waals surface area contributed by atoms with E-state index in [0.717, 1.165) is 5.56 Å². The summed E-state index contributed by atoms with van der Waals surface area (Å²) < 4.78 is 10.4. The van der Waals surface area contributed by atoms with Gasteiger partial charge in [-0.25, -0.2) is 0 Å². The molecule has 0 unspecified atom stereocenters. The van der Waals surface area contributed by atoms with Crippen molar-refractivity contribution >= 4 is 5.97 Å². The maximum Gasteiger partial charge on any atom is 0.306 e. The number of carboxylic acids is 1. The van der Waals surface area contributed by atoms with Crippen LogP contribution in [0.25, 0.3) is 0 Å². The molecule has 4 nitrogen and oxygen atoms in total. The number of aliphatic carboxylic acids is 1. The van der Waals surface area contributed by atoms with Crippen molar-refractivity contribution in [3.05, 3.63) is 23.8 Å². The molecule has 0 spiro atoms. The van der Waals surface area contributed by atoms with Gasteiger partial charge in [-0.2, -0.15) is 0 Å². The first-order valence-corrected chi connectivity index (χ1v) is 4.62. The number of carbonyl (C=O) groups is 1. The van der Waals surface area contributed by atoms with Crippen molar-refractivity contribution < 1.29 is 19.4 Å². The average Bonchev–Trinajstić information content (AvgIpc) is 2.17. The van der Waals surface area contributed by atoms with E-state index in [1.54, 1.807) is 13.2 Å². The van der Waals surface area contributed by atoms with Crippen molar-refractivity contribution in [1.82, 2.24) is 0 Å². The predicted molar refractivity (Wildman–Crippen MR) is 55.5 cm³/mol. The Kier molecular flexibility index (Phi) is 3.97. The minimum absolute atomic E-state index is 0.0168. The second-order valence-electron chi connectivity index (χ2n) is 3.15. The summed E-state index contributed by atoms with van der Waals surface area (Å²) in [5, 5.41) is 8.46. The molecule has 0 aliphatic heterocycles. The highest BCUT2D eigenvalue weighted by Crippen LogP contribution is 2.27. The van der Waals surface area contributed by atoms with E-state index in [4.69, 9.17) is 14.6 Å². The molecule has 0 amide bonds. The van der Waals surface area contributed by atoms with Crippen molar-refractivity contribution in [3.63, 3.8) is 0 Å². The zero-order valence-electron chi connectivity index (χ0n) is 8.82. The van der Waals surface area contributed by atoms with Crippen molar-refractivity contribution in [3.8, 4) is 11.5 Å². The lowest BCUT2D eigenvalue weighted by Gasteiger charge is -2.10. The Labute approximate surface area is 88.4 Å². The predicted octanol–water partition coefficient (Wildman–Crippen LogP) is 1.86. The van der Waals surface area contributed by atoms with Crippen molar-refractivity contribution in [2.45, 2.75) is 13.3 Å². The zero-order chi connectivity index (χ0) is 11.3. The summed E-state index contributed by atoms with van der Waals surface area (Å²) in [6.07, 6.45) is -0.0168. The summed E-state index contributed by atoms with van der Waals surface area (Å²) in [5.74, 6) is 0.325. The molecule has 0 atom stereocenters. The number of rotatable bonds is 5. The normalized spacial score (nSPS) is 9.73. The molecule has 1 aromatic rings. The molecule has 0 heterocycles. The third-order valence-electron chi connectivity index (χ3n) is 1.89. The number of methoxy groups -OCH3 is 1. The lowest BCUT2D eigenvalue weighted by molar-refractivity contribution is -0.137. The summed E-state index contributed by atoms with van der Waals surface area (Å²) in [4.78, 5) is 10.3. The fourth-order valence-corrected chi connectivity index (χ4v) is 1.15. The zero-order valence-corrected chi connectivity index (χ0v) is 8.82. The lowest BCUT2D eigenvalue weighted by atomic mass is 10.2. The van der Waals surface area contributed by atoms with Crippen LogP contribution < -0.4 is 9.47 Å². The molecule has 1 aromatic carbocycles. The Morgan fingerprint density at radius 2 is 2.13 bits per heavy atom. The molecule has 1 rings (SSSR count). The minimum Gasteiger partial charge on any atom is -0.493 e. The maximum absolute atomic E-state index is 10.3. The molecule has 0 bridgehead atoms. The summed E-state index contributed by atoms with van der Waals surface area (Å²) in [7, 11) is 1.55. The Balaban J connectivity index is 2.65. The first-order valence-electron chi connectivity index (χ1n) is 4.62. The number of aryl methyl sites for hydroxylation is 1. The molecule has 82 valence electrons. The van der Waals surface area contributed by atoms with Crippen molar-refractivity contribution in [2.75, 3.05) is 13.7 Å². The van der Waals surface area contributed by atoms with Crippen LogP contribution in [0.5, 0.6) is 11.5 Å². The number of hydrogen-bond donors (Lipinski definition) is 1. The van der Waals surface area contributed by atoms with Crippen LogP contribution in [0, 0.1) is 6.92 Å². The van der Waals surface area contributed by atoms with E-state index in [2.05, 4.69) is 0 Å². The van der Waals surface area contributed by atoms with Gasteiger partial charge in [-0.05, 0) is 24.6 Å². The molecule has 0 aromatic heterocycles. The van der Waals surface area contributed by atoms with Gasteiger partial charge in [0.2, 0.25) is 0 Å². The van der Waals surface area contributed by atoms with E-state index < -0.39 is 5.97 Å². The molecule has 0 aliphatic carbocycles. The third kappa shape index (κ3) is 3.50. The molecule has 0 fully saturated rings. The molecule has 4 heteroatoms. The van der Waals surface area contributed by atoms with Gasteiger partial charge in [0, 0.05) is 0 Å². The van der Waals surface area contributed by atoms with Crippen molar-refractivity contribution in [1.29, 1.82) is 0 Å². The van der Waals surface area contributed by atoms with E-state index in [1.807, 2.05) is 19.1 Å². The topological polar surface area (TPSA) is 55.8 Å². The molecule has 1 N–H and O–H groups in total. The number of hydrogen-bond acceptors (Lipinski definition) is 3. The molecule has 15 heavy (non-hydrogen) atoms. The van der Waals surface area contributed by atoms with Crippen LogP contribution in [0.2, 0.25) is 0 Å². The highest BCUT2D eigenvalue weighted by Gasteiger charge is 2.05. The Hall–Kier alpha value is -1.71. The molecular formula is C11H14O4. The van der Waals surface area contributed by atoms with Gasteiger partial charge >= 0.3 is 5.97 Å².